The smallest absolute Gasteiger partial charge is 0.358 e. The van der Waals surface area contributed by atoms with Crippen LogP contribution in [0.5, 0.6) is 0 Å². The number of esters is 1. The summed E-state index contributed by atoms with van der Waals surface area (Å²) in [5.74, 6) is 0.434. The highest BCUT2D eigenvalue weighted by Crippen LogP contribution is 2.25. The fraction of sp³-hybridized carbons (Fsp3) is 0.462. The van der Waals surface area contributed by atoms with Gasteiger partial charge in [-0.1, -0.05) is 0 Å². The lowest BCUT2D eigenvalue weighted by molar-refractivity contribution is 0.0520. The normalized spacial score (nSPS) is 18.9. The van der Waals surface area contributed by atoms with Crippen molar-refractivity contribution in [3.63, 3.8) is 0 Å². The fourth-order valence-electron chi connectivity index (χ4n) is 2.32. The number of hydrogen-bond donors (Lipinski definition) is 0. The SMILES string of the molecule is CCOC(=O)c1cn2c(C3CCOC3)ccnc2n1. The zero-order valence-corrected chi connectivity index (χ0v) is 10.7. The van der Waals surface area contributed by atoms with Crippen molar-refractivity contribution in [2.24, 2.45) is 0 Å². The molecule has 1 aliphatic rings. The van der Waals surface area contributed by atoms with E-state index in [2.05, 4.69) is 9.97 Å². The molecule has 2 aromatic rings. The third-order valence-electron chi connectivity index (χ3n) is 3.23. The molecule has 19 heavy (non-hydrogen) atoms. The summed E-state index contributed by atoms with van der Waals surface area (Å²) in [4.78, 5) is 20.1. The van der Waals surface area contributed by atoms with Crippen molar-refractivity contribution in [1.29, 1.82) is 0 Å². The summed E-state index contributed by atoms with van der Waals surface area (Å²) in [6.45, 7) is 3.58. The summed E-state index contributed by atoms with van der Waals surface area (Å²) in [6.07, 6.45) is 4.38. The lowest BCUT2D eigenvalue weighted by Gasteiger charge is -2.09. The van der Waals surface area contributed by atoms with Gasteiger partial charge in [0.25, 0.3) is 0 Å². The van der Waals surface area contributed by atoms with Crippen molar-refractivity contribution in [1.82, 2.24) is 14.4 Å². The molecule has 0 aliphatic carbocycles. The Bertz CT molecular complexity index is 602. The van der Waals surface area contributed by atoms with Crippen molar-refractivity contribution in [2.45, 2.75) is 19.3 Å². The van der Waals surface area contributed by atoms with Gasteiger partial charge in [0.05, 0.1) is 13.2 Å². The standard InChI is InChI=1S/C13H15N3O3/c1-2-19-12(17)10-7-16-11(9-4-6-18-8-9)3-5-14-13(16)15-10/h3,5,7,9H,2,4,6,8H2,1H3. The first-order chi connectivity index (χ1) is 9.29. The minimum atomic E-state index is -0.415. The van der Waals surface area contributed by atoms with Crippen LogP contribution in [0.1, 0.15) is 35.4 Å². The molecule has 100 valence electrons. The molecule has 1 aliphatic heterocycles. The molecule has 0 amide bonds. The lowest BCUT2D eigenvalue weighted by Crippen LogP contribution is -2.05. The first kappa shape index (κ1) is 12.1. The average molecular weight is 261 g/mol. The van der Waals surface area contributed by atoms with Gasteiger partial charge in [-0.15, -0.1) is 0 Å². The molecule has 0 spiro atoms. The van der Waals surface area contributed by atoms with Gasteiger partial charge in [-0.3, -0.25) is 4.40 Å². The Morgan fingerprint density at radius 2 is 2.53 bits per heavy atom. The number of ether oxygens (including phenoxy) is 2. The van der Waals surface area contributed by atoms with Crippen LogP contribution in [-0.2, 0) is 9.47 Å². The Morgan fingerprint density at radius 1 is 1.63 bits per heavy atom. The van der Waals surface area contributed by atoms with E-state index in [1.165, 1.54) is 0 Å². The zero-order chi connectivity index (χ0) is 13.2. The van der Waals surface area contributed by atoms with Gasteiger partial charge in [0.2, 0.25) is 5.78 Å². The molecule has 1 saturated heterocycles. The summed E-state index contributed by atoms with van der Waals surface area (Å²) in [7, 11) is 0. The Hall–Kier alpha value is -1.95. The van der Waals surface area contributed by atoms with Crippen LogP contribution in [0.3, 0.4) is 0 Å². The monoisotopic (exact) mass is 261 g/mol. The van der Waals surface area contributed by atoms with Gasteiger partial charge in [0.1, 0.15) is 0 Å². The highest BCUT2D eigenvalue weighted by Gasteiger charge is 2.22. The first-order valence-electron chi connectivity index (χ1n) is 6.38. The van der Waals surface area contributed by atoms with Gasteiger partial charge in [0.15, 0.2) is 5.69 Å². The summed E-state index contributed by atoms with van der Waals surface area (Å²) >= 11 is 0. The van der Waals surface area contributed by atoms with E-state index in [-0.39, 0.29) is 0 Å². The topological polar surface area (TPSA) is 65.7 Å². The van der Waals surface area contributed by atoms with E-state index in [0.717, 1.165) is 18.7 Å². The van der Waals surface area contributed by atoms with Crippen molar-refractivity contribution in [2.75, 3.05) is 19.8 Å². The number of carbonyl (C=O) groups excluding carboxylic acids is 1. The maximum absolute atomic E-state index is 11.7. The van der Waals surface area contributed by atoms with Crippen LogP contribution in [0.4, 0.5) is 0 Å². The van der Waals surface area contributed by atoms with E-state index in [1.54, 1.807) is 19.3 Å². The predicted molar refractivity (Wildman–Crippen MR) is 67.1 cm³/mol. The number of rotatable bonds is 3. The maximum atomic E-state index is 11.7. The Kier molecular flexibility index (Phi) is 3.16. The van der Waals surface area contributed by atoms with E-state index in [4.69, 9.17) is 9.47 Å². The van der Waals surface area contributed by atoms with Crippen LogP contribution >= 0.6 is 0 Å². The van der Waals surface area contributed by atoms with E-state index < -0.39 is 5.97 Å². The third-order valence-corrected chi connectivity index (χ3v) is 3.23. The molecule has 1 fully saturated rings. The molecule has 0 saturated carbocycles. The number of imidazole rings is 1. The number of fused-ring (bicyclic) bond motifs is 1. The van der Waals surface area contributed by atoms with Gasteiger partial charge in [0, 0.05) is 30.6 Å². The van der Waals surface area contributed by atoms with Crippen LogP contribution in [0.15, 0.2) is 18.5 Å². The van der Waals surface area contributed by atoms with Crippen LogP contribution in [0.25, 0.3) is 5.78 Å². The molecule has 0 bridgehead atoms. The van der Waals surface area contributed by atoms with Crippen LogP contribution < -0.4 is 0 Å². The van der Waals surface area contributed by atoms with Gasteiger partial charge in [-0.25, -0.2) is 14.8 Å². The molecule has 0 aromatic carbocycles. The van der Waals surface area contributed by atoms with E-state index in [0.29, 0.717) is 30.6 Å². The minimum Gasteiger partial charge on any atom is -0.461 e. The molecule has 1 unspecified atom stereocenters. The molecule has 3 heterocycles. The third kappa shape index (κ3) is 2.19. The zero-order valence-electron chi connectivity index (χ0n) is 10.7. The van der Waals surface area contributed by atoms with Crippen molar-refractivity contribution >= 4 is 11.7 Å². The van der Waals surface area contributed by atoms with Gasteiger partial charge < -0.3 is 9.47 Å². The largest absolute Gasteiger partial charge is 0.461 e. The number of carbonyl (C=O) groups is 1. The van der Waals surface area contributed by atoms with E-state index >= 15 is 0 Å². The van der Waals surface area contributed by atoms with Crippen molar-refractivity contribution in [3.05, 3.63) is 29.8 Å². The van der Waals surface area contributed by atoms with Gasteiger partial charge >= 0.3 is 5.97 Å². The second-order valence-corrected chi connectivity index (χ2v) is 4.45. The van der Waals surface area contributed by atoms with Crippen molar-refractivity contribution in [3.8, 4) is 0 Å². The van der Waals surface area contributed by atoms with E-state index in [1.807, 2.05) is 10.5 Å². The molecule has 0 radical (unpaired) electrons. The van der Waals surface area contributed by atoms with Gasteiger partial charge in [-0.2, -0.15) is 0 Å². The predicted octanol–water partition coefficient (Wildman–Crippen LogP) is 1.41. The molecule has 3 rings (SSSR count). The van der Waals surface area contributed by atoms with Crippen LogP contribution in [0.2, 0.25) is 0 Å². The highest BCUT2D eigenvalue weighted by atomic mass is 16.5. The van der Waals surface area contributed by atoms with Crippen LogP contribution in [0, 0.1) is 0 Å². The summed E-state index contributed by atoms with van der Waals surface area (Å²) in [5.41, 5.74) is 1.37. The first-order valence-corrected chi connectivity index (χ1v) is 6.38. The Morgan fingerprint density at radius 3 is 3.26 bits per heavy atom. The summed E-state index contributed by atoms with van der Waals surface area (Å²) in [5, 5.41) is 0. The molecular weight excluding hydrogens is 246 g/mol. The quantitative estimate of drug-likeness (QED) is 0.781. The molecule has 0 N–H and O–H groups in total. The lowest BCUT2D eigenvalue weighted by atomic mass is 10.1. The Balaban J connectivity index is 2.02. The van der Waals surface area contributed by atoms with Gasteiger partial charge in [-0.05, 0) is 19.4 Å². The minimum absolute atomic E-state index is 0.292. The maximum Gasteiger partial charge on any atom is 0.358 e. The molecule has 6 nitrogen and oxygen atoms in total. The Labute approximate surface area is 110 Å². The average Bonchev–Trinajstić information content (AvgIpc) is 3.07. The van der Waals surface area contributed by atoms with Crippen LogP contribution in [-0.4, -0.2) is 40.2 Å². The molecule has 2 aromatic heterocycles. The second kappa shape index (κ2) is 4.97. The second-order valence-electron chi connectivity index (χ2n) is 4.45. The molecule has 6 heteroatoms. The fourth-order valence-corrected chi connectivity index (χ4v) is 2.32. The number of nitrogens with zero attached hydrogens (tertiary/aromatic N) is 3. The highest BCUT2D eigenvalue weighted by molar-refractivity contribution is 5.87. The van der Waals surface area contributed by atoms with Crippen molar-refractivity contribution < 1.29 is 14.3 Å². The summed E-state index contributed by atoms with van der Waals surface area (Å²) < 4.78 is 12.2. The summed E-state index contributed by atoms with van der Waals surface area (Å²) in [6, 6.07) is 1.95. The molecule has 1 atom stereocenters. The number of hydrogen-bond acceptors (Lipinski definition) is 5. The number of aromatic nitrogens is 3. The molecular formula is C13H15N3O3. The van der Waals surface area contributed by atoms with E-state index in [9.17, 15) is 4.79 Å².